The highest BCUT2D eigenvalue weighted by atomic mass is 16.5. The van der Waals surface area contributed by atoms with E-state index in [0.29, 0.717) is 0 Å². The standard InChI is InChI=1S/C12H23N3O/c1-3-6-13-7-5-12-10-15(11-14-12)8-4-9-16-2/h10-11,13H,3-9H2,1-2H3. The second kappa shape index (κ2) is 8.30. The molecule has 1 rings (SSSR count). The lowest BCUT2D eigenvalue weighted by Gasteiger charge is -2.01. The van der Waals surface area contributed by atoms with Crippen LogP contribution in [0.4, 0.5) is 0 Å². The second-order valence-corrected chi connectivity index (χ2v) is 3.95. The fourth-order valence-electron chi connectivity index (χ4n) is 1.57. The van der Waals surface area contributed by atoms with Crippen LogP contribution in [0.5, 0.6) is 0 Å². The summed E-state index contributed by atoms with van der Waals surface area (Å²) in [5.41, 5.74) is 1.17. The third-order valence-electron chi connectivity index (χ3n) is 2.44. The number of aromatic nitrogens is 2. The molecular weight excluding hydrogens is 202 g/mol. The molecule has 4 heteroatoms. The van der Waals surface area contributed by atoms with Gasteiger partial charge in [0.2, 0.25) is 0 Å². The van der Waals surface area contributed by atoms with Crippen molar-refractivity contribution in [2.24, 2.45) is 0 Å². The molecule has 1 aromatic rings. The van der Waals surface area contributed by atoms with E-state index in [9.17, 15) is 0 Å². The summed E-state index contributed by atoms with van der Waals surface area (Å²) < 4.78 is 7.15. The Balaban J connectivity index is 2.17. The van der Waals surface area contributed by atoms with E-state index in [0.717, 1.165) is 39.1 Å². The summed E-state index contributed by atoms with van der Waals surface area (Å²) in [6.07, 6.45) is 7.28. The van der Waals surface area contributed by atoms with E-state index in [4.69, 9.17) is 4.74 Å². The van der Waals surface area contributed by atoms with Crippen molar-refractivity contribution in [2.75, 3.05) is 26.8 Å². The molecule has 0 bridgehead atoms. The molecule has 0 fully saturated rings. The number of hydrogen-bond donors (Lipinski definition) is 1. The van der Waals surface area contributed by atoms with Gasteiger partial charge in [0.1, 0.15) is 0 Å². The topological polar surface area (TPSA) is 39.1 Å². The average molecular weight is 225 g/mol. The molecule has 1 heterocycles. The molecular formula is C12H23N3O. The van der Waals surface area contributed by atoms with E-state index >= 15 is 0 Å². The zero-order chi connectivity index (χ0) is 11.6. The smallest absolute Gasteiger partial charge is 0.0949 e. The molecule has 92 valence electrons. The van der Waals surface area contributed by atoms with Crippen LogP contribution in [0.3, 0.4) is 0 Å². The molecule has 0 aliphatic heterocycles. The van der Waals surface area contributed by atoms with Gasteiger partial charge in [0.05, 0.1) is 12.0 Å². The van der Waals surface area contributed by atoms with E-state index in [2.05, 4.69) is 28.0 Å². The Morgan fingerprint density at radius 3 is 3.06 bits per heavy atom. The van der Waals surface area contributed by atoms with Gasteiger partial charge in [0.15, 0.2) is 0 Å². The zero-order valence-corrected chi connectivity index (χ0v) is 10.4. The molecule has 0 atom stereocenters. The van der Waals surface area contributed by atoms with E-state index in [-0.39, 0.29) is 0 Å². The lowest BCUT2D eigenvalue weighted by atomic mass is 10.3. The van der Waals surface area contributed by atoms with Crippen molar-refractivity contribution in [2.45, 2.75) is 32.7 Å². The summed E-state index contributed by atoms with van der Waals surface area (Å²) in [5, 5.41) is 3.38. The first kappa shape index (κ1) is 13.2. The molecule has 0 unspecified atom stereocenters. The molecule has 4 nitrogen and oxygen atoms in total. The molecule has 0 radical (unpaired) electrons. The maximum Gasteiger partial charge on any atom is 0.0949 e. The Kier molecular flexibility index (Phi) is 6.85. The molecule has 0 spiro atoms. The van der Waals surface area contributed by atoms with Gasteiger partial charge in [-0.2, -0.15) is 0 Å². The maximum absolute atomic E-state index is 5.02. The fourth-order valence-corrected chi connectivity index (χ4v) is 1.57. The van der Waals surface area contributed by atoms with E-state index in [1.165, 1.54) is 12.1 Å². The van der Waals surface area contributed by atoms with Crippen LogP contribution in [0.15, 0.2) is 12.5 Å². The van der Waals surface area contributed by atoms with Crippen molar-refractivity contribution in [3.8, 4) is 0 Å². The first-order chi connectivity index (χ1) is 7.86. The normalized spacial score (nSPS) is 10.9. The van der Waals surface area contributed by atoms with Crippen LogP contribution in [-0.2, 0) is 17.7 Å². The van der Waals surface area contributed by atoms with Crippen molar-refractivity contribution in [3.05, 3.63) is 18.2 Å². The predicted molar refractivity (Wildman–Crippen MR) is 65.6 cm³/mol. The molecule has 1 N–H and O–H groups in total. The Morgan fingerprint density at radius 1 is 1.44 bits per heavy atom. The summed E-state index contributed by atoms with van der Waals surface area (Å²) in [5.74, 6) is 0. The van der Waals surface area contributed by atoms with Gasteiger partial charge in [0.25, 0.3) is 0 Å². The fraction of sp³-hybridized carbons (Fsp3) is 0.750. The van der Waals surface area contributed by atoms with Crippen molar-refractivity contribution in [1.29, 1.82) is 0 Å². The summed E-state index contributed by atoms with van der Waals surface area (Å²) in [6.45, 7) is 6.09. The Hall–Kier alpha value is -0.870. The van der Waals surface area contributed by atoms with Gasteiger partial charge in [0, 0.05) is 39.4 Å². The molecule has 1 aromatic heterocycles. The highest BCUT2D eigenvalue weighted by molar-refractivity contribution is 4.97. The third kappa shape index (κ3) is 5.28. The highest BCUT2D eigenvalue weighted by Crippen LogP contribution is 1.98. The number of imidazole rings is 1. The lowest BCUT2D eigenvalue weighted by molar-refractivity contribution is 0.190. The Morgan fingerprint density at radius 2 is 2.31 bits per heavy atom. The van der Waals surface area contributed by atoms with Crippen LogP contribution < -0.4 is 5.32 Å². The number of hydrogen-bond acceptors (Lipinski definition) is 3. The van der Waals surface area contributed by atoms with Gasteiger partial charge >= 0.3 is 0 Å². The van der Waals surface area contributed by atoms with Crippen molar-refractivity contribution in [3.63, 3.8) is 0 Å². The Labute approximate surface area is 98.0 Å². The molecule has 0 aromatic carbocycles. The number of rotatable bonds is 9. The number of methoxy groups -OCH3 is 1. The molecule has 0 aliphatic rings. The highest BCUT2D eigenvalue weighted by Gasteiger charge is 1.98. The summed E-state index contributed by atoms with van der Waals surface area (Å²) in [7, 11) is 1.73. The van der Waals surface area contributed by atoms with Gasteiger partial charge < -0.3 is 14.6 Å². The van der Waals surface area contributed by atoms with Gasteiger partial charge in [-0.3, -0.25) is 0 Å². The van der Waals surface area contributed by atoms with Crippen molar-refractivity contribution >= 4 is 0 Å². The average Bonchev–Trinajstić information content (AvgIpc) is 2.73. The SMILES string of the molecule is CCCNCCc1cn(CCCOC)cn1. The molecule has 0 saturated heterocycles. The van der Waals surface area contributed by atoms with Crippen molar-refractivity contribution < 1.29 is 4.74 Å². The zero-order valence-electron chi connectivity index (χ0n) is 10.4. The summed E-state index contributed by atoms with van der Waals surface area (Å²) in [4.78, 5) is 4.37. The number of nitrogens with zero attached hydrogens (tertiary/aromatic N) is 2. The first-order valence-electron chi connectivity index (χ1n) is 6.07. The quantitative estimate of drug-likeness (QED) is 0.647. The lowest BCUT2D eigenvalue weighted by Crippen LogP contribution is -2.17. The molecule has 0 saturated carbocycles. The number of nitrogens with one attached hydrogen (secondary N) is 1. The van der Waals surface area contributed by atoms with Gasteiger partial charge in [-0.1, -0.05) is 6.92 Å². The van der Waals surface area contributed by atoms with Crippen LogP contribution in [0, 0.1) is 0 Å². The van der Waals surface area contributed by atoms with Crippen LogP contribution in [-0.4, -0.2) is 36.4 Å². The number of ether oxygens (including phenoxy) is 1. The maximum atomic E-state index is 5.02. The van der Waals surface area contributed by atoms with E-state index in [1.807, 2.05) is 6.33 Å². The minimum Gasteiger partial charge on any atom is -0.385 e. The van der Waals surface area contributed by atoms with Crippen LogP contribution in [0.1, 0.15) is 25.5 Å². The van der Waals surface area contributed by atoms with E-state index in [1.54, 1.807) is 7.11 Å². The summed E-state index contributed by atoms with van der Waals surface area (Å²) >= 11 is 0. The second-order valence-electron chi connectivity index (χ2n) is 3.95. The third-order valence-corrected chi connectivity index (χ3v) is 2.44. The minimum absolute atomic E-state index is 0.811. The van der Waals surface area contributed by atoms with E-state index < -0.39 is 0 Å². The predicted octanol–water partition coefficient (Wildman–Crippen LogP) is 1.46. The van der Waals surface area contributed by atoms with Gasteiger partial charge in [-0.25, -0.2) is 4.98 Å². The molecule has 0 aliphatic carbocycles. The van der Waals surface area contributed by atoms with Crippen LogP contribution >= 0.6 is 0 Å². The molecule has 16 heavy (non-hydrogen) atoms. The van der Waals surface area contributed by atoms with Gasteiger partial charge in [-0.05, 0) is 19.4 Å². The largest absolute Gasteiger partial charge is 0.385 e. The minimum atomic E-state index is 0.811. The summed E-state index contributed by atoms with van der Waals surface area (Å²) in [6, 6.07) is 0. The van der Waals surface area contributed by atoms with Crippen molar-refractivity contribution in [1.82, 2.24) is 14.9 Å². The number of aryl methyl sites for hydroxylation is 1. The first-order valence-corrected chi connectivity index (χ1v) is 6.07. The Bertz CT molecular complexity index is 273. The monoisotopic (exact) mass is 225 g/mol. The van der Waals surface area contributed by atoms with Crippen LogP contribution in [0.25, 0.3) is 0 Å². The molecule has 0 amide bonds. The van der Waals surface area contributed by atoms with Crippen LogP contribution in [0.2, 0.25) is 0 Å². The van der Waals surface area contributed by atoms with Gasteiger partial charge in [-0.15, -0.1) is 0 Å².